The van der Waals surface area contributed by atoms with Gasteiger partial charge in [0, 0.05) is 23.8 Å². The molecule has 0 aliphatic heterocycles. The van der Waals surface area contributed by atoms with Crippen LogP contribution in [0.1, 0.15) is 48.9 Å². The van der Waals surface area contributed by atoms with Crippen molar-refractivity contribution in [1.82, 2.24) is 4.90 Å². The van der Waals surface area contributed by atoms with Crippen LogP contribution in [0.5, 0.6) is 0 Å². The highest BCUT2D eigenvalue weighted by molar-refractivity contribution is 5.95. The van der Waals surface area contributed by atoms with E-state index in [0.29, 0.717) is 11.3 Å². The predicted octanol–water partition coefficient (Wildman–Crippen LogP) is 4.00. The summed E-state index contributed by atoms with van der Waals surface area (Å²) in [5.41, 5.74) is 6.46. The van der Waals surface area contributed by atoms with Gasteiger partial charge in [-0.2, -0.15) is 13.2 Å². The van der Waals surface area contributed by atoms with E-state index in [1.54, 1.807) is 18.2 Å². The van der Waals surface area contributed by atoms with E-state index in [0.717, 1.165) is 32.1 Å². The van der Waals surface area contributed by atoms with Crippen molar-refractivity contribution in [2.75, 3.05) is 12.3 Å². The van der Waals surface area contributed by atoms with Crippen LogP contribution < -0.4 is 5.73 Å². The van der Waals surface area contributed by atoms with Gasteiger partial charge in [0.05, 0.1) is 6.42 Å². The Morgan fingerprint density at radius 1 is 1.23 bits per heavy atom. The van der Waals surface area contributed by atoms with Crippen molar-refractivity contribution in [3.05, 3.63) is 29.8 Å². The number of rotatable bonds is 4. The molecule has 0 atom stereocenters. The first-order valence-corrected chi connectivity index (χ1v) is 7.60. The third-order valence-corrected chi connectivity index (χ3v) is 4.05. The molecule has 0 spiro atoms. The monoisotopic (exact) mass is 314 g/mol. The van der Waals surface area contributed by atoms with Crippen LogP contribution in [0, 0.1) is 0 Å². The SMILES string of the molecule is Nc1cccc(C(=O)N(CCC(F)(F)F)C2CCCCC2)c1. The highest BCUT2D eigenvalue weighted by atomic mass is 19.4. The van der Waals surface area contributed by atoms with Crippen molar-refractivity contribution >= 4 is 11.6 Å². The van der Waals surface area contributed by atoms with Crippen molar-refractivity contribution in [3.63, 3.8) is 0 Å². The van der Waals surface area contributed by atoms with Crippen LogP contribution in [-0.2, 0) is 0 Å². The van der Waals surface area contributed by atoms with Crippen LogP contribution in [0.2, 0.25) is 0 Å². The summed E-state index contributed by atoms with van der Waals surface area (Å²) in [5.74, 6) is -0.358. The minimum Gasteiger partial charge on any atom is -0.399 e. The van der Waals surface area contributed by atoms with Gasteiger partial charge in [-0.3, -0.25) is 4.79 Å². The molecule has 2 N–H and O–H groups in total. The minimum atomic E-state index is -4.26. The number of alkyl halides is 3. The molecule has 0 radical (unpaired) electrons. The summed E-state index contributed by atoms with van der Waals surface area (Å²) < 4.78 is 37.7. The number of anilines is 1. The summed E-state index contributed by atoms with van der Waals surface area (Å²) in [7, 11) is 0. The number of hydrogen-bond acceptors (Lipinski definition) is 2. The number of amides is 1. The Labute approximate surface area is 128 Å². The fraction of sp³-hybridized carbons (Fsp3) is 0.562. The average Bonchev–Trinajstić information content (AvgIpc) is 2.47. The number of nitrogens with two attached hydrogens (primary N) is 1. The highest BCUT2D eigenvalue weighted by Gasteiger charge is 2.32. The molecule has 3 nitrogen and oxygen atoms in total. The maximum Gasteiger partial charge on any atom is 0.390 e. The number of nitrogens with zero attached hydrogens (tertiary/aromatic N) is 1. The lowest BCUT2D eigenvalue weighted by atomic mass is 9.93. The van der Waals surface area contributed by atoms with Gasteiger partial charge in [-0.1, -0.05) is 25.3 Å². The number of nitrogen functional groups attached to an aromatic ring is 1. The van der Waals surface area contributed by atoms with Gasteiger partial charge in [-0.15, -0.1) is 0 Å². The van der Waals surface area contributed by atoms with Crippen LogP contribution in [0.4, 0.5) is 18.9 Å². The maximum atomic E-state index is 12.6. The first kappa shape index (κ1) is 16.6. The normalized spacial score (nSPS) is 16.5. The minimum absolute atomic E-state index is 0.106. The summed E-state index contributed by atoms with van der Waals surface area (Å²) >= 11 is 0. The quantitative estimate of drug-likeness (QED) is 0.854. The second kappa shape index (κ2) is 7.03. The van der Waals surface area contributed by atoms with Gasteiger partial charge < -0.3 is 10.6 Å². The lowest BCUT2D eigenvalue weighted by Gasteiger charge is -2.34. The van der Waals surface area contributed by atoms with E-state index < -0.39 is 12.6 Å². The molecular weight excluding hydrogens is 293 g/mol. The van der Waals surface area contributed by atoms with Crippen LogP contribution in [0.25, 0.3) is 0 Å². The molecule has 1 aromatic rings. The van der Waals surface area contributed by atoms with Gasteiger partial charge in [-0.25, -0.2) is 0 Å². The van der Waals surface area contributed by atoms with Crippen LogP contribution >= 0.6 is 0 Å². The Kier molecular flexibility index (Phi) is 5.32. The molecule has 1 fully saturated rings. The largest absolute Gasteiger partial charge is 0.399 e. The second-order valence-electron chi connectivity index (χ2n) is 5.78. The number of carbonyl (C=O) groups is 1. The third-order valence-electron chi connectivity index (χ3n) is 4.05. The van der Waals surface area contributed by atoms with Crippen molar-refractivity contribution in [2.24, 2.45) is 0 Å². The zero-order valence-corrected chi connectivity index (χ0v) is 12.4. The van der Waals surface area contributed by atoms with Crippen molar-refractivity contribution in [1.29, 1.82) is 0 Å². The van der Waals surface area contributed by atoms with Crippen LogP contribution in [0.3, 0.4) is 0 Å². The molecule has 1 amide bonds. The van der Waals surface area contributed by atoms with E-state index in [1.807, 2.05) is 0 Å². The molecule has 1 aliphatic rings. The summed E-state index contributed by atoms with van der Waals surface area (Å²) in [6, 6.07) is 6.31. The maximum absolute atomic E-state index is 12.6. The molecular formula is C16H21F3N2O. The lowest BCUT2D eigenvalue weighted by molar-refractivity contribution is -0.137. The highest BCUT2D eigenvalue weighted by Crippen LogP contribution is 2.27. The zero-order chi connectivity index (χ0) is 16.2. The van der Waals surface area contributed by atoms with E-state index in [4.69, 9.17) is 5.73 Å². The lowest BCUT2D eigenvalue weighted by Crippen LogP contribution is -2.43. The van der Waals surface area contributed by atoms with Gasteiger partial charge in [-0.05, 0) is 31.0 Å². The molecule has 1 aliphatic carbocycles. The molecule has 2 rings (SSSR count). The van der Waals surface area contributed by atoms with Crippen LogP contribution in [0.15, 0.2) is 24.3 Å². The van der Waals surface area contributed by atoms with E-state index in [1.165, 1.54) is 11.0 Å². The Balaban J connectivity index is 2.16. The van der Waals surface area contributed by atoms with E-state index in [9.17, 15) is 18.0 Å². The average molecular weight is 314 g/mol. The smallest absolute Gasteiger partial charge is 0.390 e. The van der Waals surface area contributed by atoms with E-state index >= 15 is 0 Å². The summed E-state index contributed by atoms with van der Waals surface area (Å²) in [6.45, 7) is -0.290. The fourth-order valence-electron chi connectivity index (χ4n) is 2.93. The van der Waals surface area contributed by atoms with Gasteiger partial charge >= 0.3 is 6.18 Å². The zero-order valence-electron chi connectivity index (χ0n) is 12.4. The van der Waals surface area contributed by atoms with Crippen molar-refractivity contribution in [2.45, 2.75) is 50.7 Å². The molecule has 1 saturated carbocycles. The van der Waals surface area contributed by atoms with Gasteiger partial charge in [0.25, 0.3) is 5.91 Å². The van der Waals surface area contributed by atoms with E-state index in [-0.39, 0.29) is 18.5 Å². The molecule has 0 bridgehead atoms. The molecule has 1 aromatic carbocycles. The Morgan fingerprint density at radius 3 is 2.50 bits per heavy atom. The first-order valence-electron chi connectivity index (χ1n) is 7.60. The van der Waals surface area contributed by atoms with Crippen molar-refractivity contribution in [3.8, 4) is 0 Å². The molecule has 0 unspecified atom stereocenters. The molecule has 122 valence electrons. The van der Waals surface area contributed by atoms with Gasteiger partial charge in [0.1, 0.15) is 0 Å². The third kappa shape index (κ3) is 4.64. The second-order valence-corrected chi connectivity index (χ2v) is 5.78. The molecule has 22 heavy (non-hydrogen) atoms. The summed E-state index contributed by atoms with van der Waals surface area (Å²) in [4.78, 5) is 14.0. The number of benzene rings is 1. The summed E-state index contributed by atoms with van der Waals surface area (Å²) in [6.07, 6.45) is -0.705. The molecule has 0 heterocycles. The molecule has 0 aromatic heterocycles. The first-order chi connectivity index (χ1) is 10.4. The number of carbonyl (C=O) groups excluding carboxylic acids is 1. The number of halogens is 3. The topological polar surface area (TPSA) is 46.3 Å². The number of hydrogen-bond donors (Lipinski definition) is 1. The summed E-state index contributed by atoms with van der Waals surface area (Å²) in [5, 5.41) is 0. The van der Waals surface area contributed by atoms with Crippen molar-refractivity contribution < 1.29 is 18.0 Å². The Bertz CT molecular complexity index is 510. The standard InChI is InChI=1S/C16H21F3N2O/c17-16(18,19)9-10-21(14-7-2-1-3-8-14)15(22)12-5-4-6-13(20)11-12/h4-6,11,14H,1-3,7-10,20H2. The fourth-order valence-corrected chi connectivity index (χ4v) is 2.93. The molecule has 0 saturated heterocycles. The van der Waals surface area contributed by atoms with Gasteiger partial charge in [0.15, 0.2) is 0 Å². The van der Waals surface area contributed by atoms with Gasteiger partial charge in [0.2, 0.25) is 0 Å². The van der Waals surface area contributed by atoms with E-state index in [2.05, 4.69) is 0 Å². The molecule has 6 heteroatoms. The Hall–Kier alpha value is -1.72. The Morgan fingerprint density at radius 2 is 1.91 bits per heavy atom. The van der Waals surface area contributed by atoms with Crippen LogP contribution in [-0.4, -0.2) is 29.6 Å². The predicted molar refractivity (Wildman–Crippen MR) is 79.4 cm³/mol.